The zero-order valence-corrected chi connectivity index (χ0v) is 15.0. The summed E-state index contributed by atoms with van der Waals surface area (Å²) in [6.45, 7) is 3.74. The molecule has 1 atom stereocenters. The topological polar surface area (TPSA) is 42.7 Å². The molecule has 3 aromatic rings. The lowest BCUT2D eigenvalue weighted by Gasteiger charge is -2.33. The third kappa shape index (κ3) is 3.25. The van der Waals surface area contributed by atoms with Crippen LogP contribution in [0.25, 0.3) is 22.1 Å². The highest BCUT2D eigenvalue weighted by Gasteiger charge is 2.22. The van der Waals surface area contributed by atoms with Crippen molar-refractivity contribution in [2.45, 2.75) is 32.2 Å². The van der Waals surface area contributed by atoms with Crippen LogP contribution in [0.4, 0.5) is 0 Å². The highest BCUT2D eigenvalue weighted by molar-refractivity contribution is 5.90. The van der Waals surface area contributed by atoms with E-state index in [1.807, 2.05) is 54.6 Å². The van der Waals surface area contributed by atoms with Crippen molar-refractivity contribution in [2.75, 3.05) is 13.3 Å². The van der Waals surface area contributed by atoms with Gasteiger partial charge >= 0.3 is 5.63 Å². The first kappa shape index (κ1) is 16.9. The second kappa shape index (κ2) is 7.34. The molecule has 4 heteroatoms. The summed E-state index contributed by atoms with van der Waals surface area (Å²) in [6.07, 6.45) is 3.65. The molecule has 0 aliphatic carbocycles. The number of piperidine rings is 1. The number of para-hydroxylation sites is 1. The lowest BCUT2D eigenvalue weighted by Crippen LogP contribution is -2.40. The molecule has 0 spiro atoms. The van der Waals surface area contributed by atoms with E-state index in [2.05, 4.69) is 11.8 Å². The molecule has 1 unspecified atom stereocenters. The van der Waals surface area contributed by atoms with E-state index in [4.69, 9.17) is 9.15 Å². The van der Waals surface area contributed by atoms with Crippen LogP contribution in [-0.2, 0) is 0 Å². The number of rotatable bonds is 4. The Morgan fingerprint density at radius 2 is 1.85 bits per heavy atom. The van der Waals surface area contributed by atoms with Gasteiger partial charge in [0.15, 0.2) is 0 Å². The maximum absolute atomic E-state index is 12.7. The summed E-state index contributed by atoms with van der Waals surface area (Å²) < 4.78 is 11.8. The molecular formula is C22H23NO3. The average Bonchev–Trinajstić information content (AvgIpc) is 2.67. The number of hydrogen-bond donors (Lipinski definition) is 0. The van der Waals surface area contributed by atoms with E-state index in [0.29, 0.717) is 29.7 Å². The lowest BCUT2D eigenvalue weighted by atomic mass is 10.0. The first-order valence-electron chi connectivity index (χ1n) is 9.22. The van der Waals surface area contributed by atoms with Crippen molar-refractivity contribution in [3.8, 4) is 16.9 Å². The predicted octanol–water partition coefficient (Wildman–Crippen LogP) is 4.67. The van der Waals surface area contributed by atoms with Crippen molar-refractivity contribution in [1.82, 2.24) is 4.90 Å². The van der Waals surface area contributed by atoms with Gasteiger partial charge in [-0.15, -0.1) is 0 Å². The molecule has 4 rings (SSSR count). The molecule has 0 amide bonds. The minimum absolute atomic E-state index is 0.364. The van der Waals surface area contributed by atoms with Gasteiger partial charge < -0.3 is 9.15 Å². The van der Waals surface area contributed by atoms with E-state index in [1.165, 1.54) is 19.3 Å². The summed E-state index contributed by atoms with van der Waals surface area (Å²) in [7, 11) is 0. The van der Waals surface area contributed by atoms with E-state index >= 15 is 0 Å². The molecule has 0 saturated carbocycles. The first-order valence-corrected chi connectivity index (χ1v) is 9.22. The fourth-order valence-corrected chi connectivity index (χ4v) is 3.62. The SMILES string of the molecule is CC1CCCCN1COc1c(-c2ccccc2)c(=O)oc2ccccc12. The van der Waals surface area contributed by atoms with Crippen molar-refractivity contribution < 1.29 is 9.15 Å². The van der Waals surface area contributed by atoms with Crippen LogP contribution in [0.1, 0.15) is 26.2 Å². The Labute approximate surface area is 153 Å². The Balaban J connectivity index is 1.79. The molecule has 1 aliphatic rings. The second-order valence-electron chi connectivity index (χ2n) is 6.89. The number of hydrogen-bond acceptors (Lipinski definition) is 4. The van der Waals surface area contributed by atoms with Crippen LogP contribution in [0.3, 0.4) is 0 Å². The monoisotopic (exact) mass is 349 g/mol. The summed E-state index contributed by atoms with van der Waals surface area (Å²) in [5.74, 6) is 0.612. The minimum Gasteiger partial charge on any atom is -0.476 e. The maximum Gasteiger partial charge on any atom is 0.347 e. The van der Waals surface area contributed by atoms with Gasteiger partial charge in [-0.05, 0) is 37.5 Å². The van der Waals surface area contributed by atoms with Crippen LogP contribution in [0.5, 0.6) is 5.75 Å². The van der Waals surface area contributed by atoms with Crippen LogP contribution < -0.4 is 10.4 Å². The Hall–Kier alpha value is -2.59. The highest BCUT2D eigenvalue weighted by Crippen LogP contribution is 2.34. The summed E-state index contributed by atoms with van der Waals surface area (Å²) in [4.78, 5) is 15.0. The molecule has 134 valence electrons. The molecule has 1 saturated heterocycles. The zero-order chi connectivity index (χ0) is 17.9. The van der Waals surface area contributed by atoms with E-state index in [0.717, 1.165) is 17.5 Å². The van der Waals surface area contributed by atoms with Gasteiger partial charge in [-0.3, -0.25) is 4.90 Å². The van der Waals surface area contributed by atoms with Crippen molar-refractivity contribution in [1.29, 1.82) is 0 Å². The standard InChI is InChI=1S/C22H23NO3/c1-16-9-7-8-14-23(16)15-25-21-18-12-5-6-13-19(18)26-22(24)20(21)17-10-3-2-4-11-17/h2-6,10-13,16H,7-9,14-15H2,1H3. The summed E-state index contributed by atoms with van der Waals surface area (Å²) in [5, 5.41) is 0.829. The average molecular weight is 349 g/mol. The Kier molecular flexibility index (Phi) is 4.76. The van der Waals surface area contributed by atoms with Gasteiger partial charge in [0.2, 0.25) is 0 Å². The first-order chi connectivity index (χ1) is 12.7. The molecule has 2 aromatic carbocycles. The quantitative estimate of drug-likeness (QED) is 0.642. The molecule has 0 bridgehead atoms. The highest BCUT2D eigenvalue weighted by atomic mass is 16.5. The van der Waals surface area contributed by atoms with E-state index in [9.17, 15) is 4.79 Å². The molecule has 1 aromatic heterocycles. The molecule has 4 nitrogen and oxygen atoms in total. The van der Waals surface area contributed by atoms with Gasteiger partial charge in [0.1, 0.15) is 23.6 Å². The van der Waals surface area contributed by atoms with E-state index < -0.39 is 0 Å². The van der Waals surface area contributed by atoms with Gasteiger partial charge in [0.25, 0.3) is 0 Å². The Morgan fingerprint density at radius 3 is 2.65 bits per heavy atom. The van der Waals surface area contributed by atoms with E-state index in [1.54, 1.807) is 0 Å². The van der Waals surface area contributed by atoms with Gasteiger partial charge in [-0.25, -0.2) is 4.79 Å². The fourth-order valence-electron chi connectivity index (χ4n) is 3.62. The normalized spacial score (nSPS) is 18.1. The number of ether oxygens (including phenoxy) is 1. The van der Waals surface area contributed by atoms with Gasteiger partial charge in [-0.2, -0.15) is 0 Å². The lowest BCUT2D eigenvalue weighted by molar-refractivity contribution is 0.0671. The fraction of sp³-hybridized carbons (Fsp3) is 0.318. The Bertz CT molecular complexity index is 949. The largest absolute Gasteiger partial charge is 0.476 e. The van der Waals surface area contributed by atoms with Crippen molar-refractivity contribution in [3.05, 3.63) is 65.0 Å². The van der Waals surface area contributed by atoms with Gasteiger partial charge in [-0.1, -0.05) is 48.9 Å². The van der Waals surface area contributed by atoms with Crippen LogP contribution >= 0.6 is 0 Å². The van der Waals surface area contributed by atoms with Crippen LogP contribution in [0, 0.1) is 0 Å². The molecule has 0 radical (unpaired) electrons. The molecule has 26 heavy (non-hydrogen) atoms. The number of fused-ring (bicyclic) bond motifs is 1. The third-order valence-electron chi connectivity index (χ3n) is 5.14. The predicted molar refractivity (Wildman–Crippen MR) is 103 cm³/mol. The summed E-state index contributed by atoms with van der Waals surface area (Å²) in [6, 6.07) is 17.6. The Morgan fingerprint density at radius 1 is 1.08 bits per heavy atom. The molecular weight excluding hydrogens is 326 g/mol. The number of benzene rings is 2. The third-order valence-corrected chi connectivity index (χ3v) is 5.14. The smallest absolute Gasteiger partial charge is 0.347 e. The van der Waals surface area contributed by atoms with Crippen molar-refractivity contribution >= 4 is 11.0 Å². The molecule has 1 fully saturated rings. The van der Waals surface area contributed by atoms with Gasteiger partial charge in [0, 0.05) is 12.6 Å². The molecule has 1 aliphatic heterocycles. The number of likely N-dealkylation sites (tertiary alicyclic amines) is 1. The van der Waals surface area contributed by atoms with Crippen LogP contribution in [0.2, 0.25) is 0 Å². The summed E-state index contributed by atoms with van der Waals surface area (Å²) in [5.41, 5.74) is 1.50. The summed E-state index contributed by atoms with van der Waals surface area (Å²) >= 11 is 0. The molecule has 0 N–H and O–H groups in total. The van der Waals surface area contributed by atoms with E-state index in [-0.39, 0.29) is 5.63 Å². The minimum atomic E-state index is -0.364. The molecule has 2 heterocycles. The van der Waals surface area contributed by atoms with Gasteiger partial charge in [0.05, 0.1) is 5.39 Å². The zero-order valence-electron chi connectivity index (χ0n) is 15.0. The second-order valence-corrected chi connectivity index (χ2v) is 6.89. The van der Waals surface area contributed by atoms with Crippen molar-refractivity contribution in [2.24, 2.45) is 0 Å². The van der Waals surface area contributed by atoms with Crippen molar-refractivity contribution in [3.63, 3.8) is 0 Å². The number of nitrogens with zero attached hydrogens (tertiary/aromatic N) is 1. The van der Waals surface area contributed by atoms with Crippen LogP contribution in [0.15, 0.2) is 63.8 Å². The maximum atomic E-state index is 12.7. The van der Waals surface area contributed by atoms with Crippen LogP contribution in [-0.4, -0.2) is 24.2 Å².